The zero-order valence-electron chi connectivity index (χ0n) is 11.9. The first kappa shape index (κ1) is 16.0. The molecule has 0 radical (unpaired) electrons. The van der Waals surface area contributed by atoms with Gasteiger partial charge in [0.15, 0.2) is 0 Å². The fourth-order valence-corrected chi connectivity index (χ4v) is 1.85. The van der Waals surface area contributed by atoms with Gasteiger partial charge in [-0.15, -0.1) is 0 Å². The summed E-state index contributed by atoms with van der Waals surface area (Å²) in [6.45, 7) is 3.61. The van der Waals surface area contributed by atoms with E-state index in [1.54, 1.807) is 6.92 Å². The average molecular weight is 280 g/mol. The molecule has 6 nitrogen and oxygen atoms in total. The van der Waals surface area contributed by atoms with Crippen LogP contribution in [-0.4, -0.2) is 29.6 Å². The molecule has 0 aliphatic rings. The number of carbonyl (C=O) groups is 2. The van der Waals surface area contributed by atoms with E-state index in [4.69, 9.17) is 15.6 Å². The van der Waals surface area contributed by atoms with Gasteiger partial charge in [0.25, 0.3) is 0 Å². The van der Waals surface area contributed by atoms with Gasteiger partial charge in [0.05, 0.1) is 12.6 Å². The monoisotopic (exact) mass is 280 g/mol. The lowest BCUT2D eigenvalue weighted by atomic mass is 9.96. The highest BCUT2D eigenvalue weighted by molar-refractivity contribution is 5.98. The highest BCUT2D eigenvalue weighted by atomic mass is 16.5. The Bertz CT molecular complexity index is 512. The summed E-state index contributed by atoms with van der Waals surface area (Å²) in [6, 6.07) is 4.35. The minimum atomic E-state index is -1.09. The van der Waals surface area contributed by atoms with Gasteiger partial charge in [0, 0.05) is 11.8 Å². The molecule has 1 amide bonds. The third-order valence-electron chi connectivity index (χ3n) is 2.98. The normalized spacial score (nSPS) is 13.4. The second-order valence-corrected chi connectivity index (χ2v) is 4.84. The minimum absolute atomic E-state index is 0.0366. The van der Waals surface area contributed by atoms with Crippen molar-refractivity contribution in [2.75, 3.05) is 12.4 Å². The Kier molecular flexibility index (Phi) is 5.10. The van der Waals surface area contributed by atoms with E-state index >= 15 is 0 Å². The van der Waals surface area contributed by atoms with Crippen molar-refractivity contribution < 1.29 is 19.4 Å². The van der Waals surface area contributed by atoms with Crippen molar-refractivity contribution in [2.45, 2.75) is 32.2 Å². The largest absolute Gasteiger partial charge is 0.496 e. The van der Waals surface area contributed by atoms with Crippen molar-refractivity contribution in [3.8, 4) is 5.75 Å². The van der Waals surface area contributed by atoms with E-state index < -0.39 is 11.5 Å². The summed E-state index contributed by atoms with van der Waals surface area (Å²) in [5, 5.41) is 11.7. The van der Waals surface area contributed by atoms with E-state index in [2.05, 4.69) is 5.32 Å². The fraction of sp³-hybridized carbons (Fsp3) is 0.429. The van der Waals surface area contributed by atoms with Crippen molar-refractivity contribution >= 4 is 17.6 Å². The highest BCUT2D eigenvalue weighted by Gasteiger charge is 2.27. The number of nitrogens with two attached hydrogens (primary N) is 1. The number of methoxy groups -OCH3 is 1. The van der Waals surface area contributed by atoms with Gasteiger partial charge in [0.1, 0.15) is 11.3 Å². The third-order valence-corrected chi connectivity index (χ3v) is 2.98. The Labute approximate surface area is 117 Å². The highest BCUT2D eigenvalue weighted by Crippen LogP contribution is 2.24. The SMILES string of the molecule is CCCC(C)(N)C(=O)Nc1ccc(C(=O)O)c(OC)c1. The number of amides is 1. The van der Waals surface area contributed by atoms with E-state index in [9.17, 15) is 9.59 Å². The topological polar surface area (TPSA) is 102 Å². The molecule has 0 saturated carbocycles. The predicted molar refractivity (Wildman–Crippen MR) is 76.1 cm³/mol. The summed E-state index contributed by atoms with van der Waals surface area (Å²) in [5.74, 6) is -1.22. The minimum Gasteiger partial charge on any atom is -0.496 e. The first-order chi connectivity index (χ1) is 9.31. The second kappa shape index (κ2) is 6.38. The summed E-state index contributed by atoms with van der Waals surface area (Å²) in [6.07, 6.45) is 1.35. The molecule has 0 spiro atoms. The molecular formula is C14H20N2O4. The van der Waals surface area contributed by atoms with Crippen molar-refractivity contribution in [1.29, 1.82) is 0 Å². The van der Waals surface area contributed by atoms with Crippen molar-refractivity contribution in [2.24, 2.45) is 5.73 Å². The quantitative estimate of drug-likeness (QED) is 0.738. The van der Waals surface area contributed by atoms with Gasteiger partial charge in [-0.25, -0.2) is 4.79 Å². The number of aromatic carboxylic acids is 1. The van der Waals surface area contributed by atoms with Crippen LogP contribution in [-0.2, 0) is 4.79 Å². The number of nitrogens with one attached hydrogen (secondary N) is 1. The molecule has 1 atom stereocenters. The second-order valence-electron chi connectivity index (χ2n) is 4.84. The van der Waals surface area contributed by atoms with Crippen LogP contribution in [0, 0.1) is 0 Å². The molecule has 0 aliphatic heterocycles. The lowest BCUT2D eigenvalue weighted by Gasteiger charge is -2.23. The molecule has 20 heavy (non-hydrogen) atoms. The van der Waals surface area contributed by atoms with E-state index in [-0.39, 0.29) is 17.2 Å². The zero-order valence-corrected chi connectivity index (χ0v) is 11.9. The molecule has 1 aromatic rings. The van der Waals surface area contributed by atoms with Gasteiger partial charge in [0.2, 0.25) is 5.91 Å². The van der Waals surface area contributed by atoms with Crippen LogP contribution in [0.25, 0.3) is 0 Å². The van der Waals surface area contributed by atoms with Crippen LogP contribution in [0.5, 0.6) is 5.75 Å². The molecule has 6 heteroatoms. The van der Waals surface area contributed by atoms with Crippen LogP contribution in [0.2, 0.25) is 0 Å². The molecule has 0 heterocycles. The molecule has 1 aromatic carbocycles. The van der Waals surface area contributed by atoms with Crippen molar-refractivity contribution in [3.05, 3.63) is 23.8 Å². The number of hydrogen-bond acceptors (Lipinski definition) is 4. The smallest absolute Gasteiger partial charge is 0.339 e. The van der Waals surface area contributed by atoms with Gasteiger partial charge >= 0.3 is 5.97 Å². The summed E-state index contributed by atoms with van der Waals surface area (Å²) < 4.78 is 5.00. The van der Waals surface area contributed by atoms with Crippen molar-refractivity contribution in [3.63, 3.8) is 0 Å². The molecule has 110 valence electrons. The van der Waals surface area contributed by atoms with Gasteiger partial charge in [-0.2, -0.15) is 0 Å². The van der Waals surface area contributed by atoms with E-state index in [0.29, 0.717) is 12.1 Å². The summed E-state index contributed by atoms with van der Waals surface area (Å²) in [4.78, 5) is 23.0. The lowest BCUT2D eigenvalue weighted by molar-refractivity contribution is -0.120. The van der Waals surface area contributed by atoms with Gasteiger partial charge in [-0.3, -0.25) is 4.79 Å². The number of carbonyl (C=O) groups excluding carboxylic acids is 1. The molecule has 0 aliphatic carbocycles. The first-order valence-electron chi connectivity index (χ1n) is 6.33. The van der Waals surface area contributed by atoms with Crippen LogP contribution < -0.4 is 15.8 Å². The standard InChI is InChI=1S/C14H20N2O4/c1-4-7-14(2,15)13(19)16-9-5-6-10(12(17)18)11(8-9)20-3/h5-6,8H,4,7,15H2,1-3H3,(H,16,19)(H,17,18). The molecule has 0 bridgehead atoms. The summed E-state index contributed by atoms with van der Waals surface area (Å²) >= 11 is 0. The van der Waals surface area contributed by atoms with Crippen LogP contribution in [0.3, 0.4) is 0 Å². The molecular weight excluding hydrogens is 260 g/mol. The van der Waals surface area contributed by atoms with Crippen LogP contribution in [0.1, 0.15) is 37.0 Å². The Balaban J connectivity index is 2.94. The third kappa shape index (κ3) is 3.71. The fourth-order valence-electron chi connectivity index (χ4n) is 1.85. The predicted octanol–water partition coefficient (Wildman–Crippen LogP) is 1.85. The first-order valence-corrected chi connectivity index (χ1v) is 6.33. The number of benzene rings is 1. The maximum absolute atomic E-state index is 12.0. The number of carboxylic acids is 1. The number of rotatable bonds is 6. The van der Waals surface area contributed by atoms with Crippen LogP contribution in [0.4, 0.5) is 5.69 Å². The van der Waals surface area contributed by atoms with Crippen LogP contribution in [0.15, 0.2) is 18.2 Å². The Morgan fingerprint density at radius 2 is 2.10 bits per heavy atom. The van der Waals surface area contributed by atoms with Gasteiger partial charge < -0.3 is 20.9 Å². The molecule has 1 unspecified atom stereocenters. The van der Waals surface area contributed by atoms with Gasteiger partial charge in [-0.05, 0) is 25.5 Å². The molecule has 0 fully saturated rings. The maximum atomic E-state index is 12.0. The summed E-state index contributed by atoms with van der Waals surface area (Å²) in [7, 11) is 1.37. The molecule has 0 saturated heterocycles. The average Bonchev–Trinajstić information content (AvgIpc) is 2.38. The Hall–Kier alpha value is -2.08. The Morgan fingerprint density at radius 3 is 2.60 bits per heavy atom. The van der Waals surface area contributed by atoms with E-state index in [0.717, 1.165) is 6.42 Å². The maximum Gasteiger partial charge on any atom is 0.339 e. The Morgan fingerprint density at radius 1 is 1.45 bits per heavy atom. The van der Waals surface area contributed by atoms with Crippen molar-refractivity contribution in [1.82, 2.24) is 0 Å². The van der Waals surface area contributed by atoms with E-state index in [1.165, 1.54) is 25.3 Å². The zero-order chi connectivity index (χ0) is 15.3. The number of anilines is 1. The van der Waals surface area contributed by atoms with Crippen LogP contribution >= 0.6 is 0 Å². The summed E-state index contributed by atoms with van der Waals surface area (Å²) in [5.41, 5.74) is 5.45. The molecule has 4 N–H and O–H groups in total. The number of carboxylic acid groups (broad SMARTS) is 1. The number of ether oxygens (including phenoxy) is 1. The van der Waals surface area contributed by atoms with Gasteiger partial charge in [-0.1, -0.05) is 13.3 Å². The molecule has 1 rings (SSSR count). The molecule has 0 aromatic heterocycles. The lowest BCUT2D eigenvalue weighted by Crippen LogP contribution is -2.48. The van der Waals surface area contributed by atoms with E-state index in [1.807, 2.05) is 6.92 Å². The number of hydrogen-bond donors (Lipinski definition) is 3.